The monoisotopic (exact) mass is 356 g/mol. The Balaban J connectivity index is 2.24. The van der Waals surface area contributed by atoms with Gasteiger partial charge in [0.1, 0.15) is 0 Å². The van der Waals surface area contributed by atoms with Crippen molar-refractivity contribution in [3.63, 3.8) is 0 Å². The van der Waals surface area contributed by atoms with E-state index in [-0.39, 0.29) is 17.2 Å². The number of methoxy groups -OCH3 is 2. The molecule has 0 aliphatic heterocycles. The third-order valence-corrected chi connectivity index (χ3v) is 3.29. The molecule has 0 saturated carbocycles. The third kappa shape index (κ3) is 4.48. The van der Waals surface area contributed by atoms with E-state index in [1.807, 2.05) is 6.07 Å². The molecule has 0 spiro atoms. The van der Waals surface area contributed by atoms with Gasteiger partial charge in [0.2, 0.25) is 5.75 Å². The average molecular weight is 357 g/mol. The highest BCUT2D eigenvalue weighted by molar-refractivity contribution is 6.33. The SMILES string of the molecule is COc1cc(/C=N\Nc2ccccc2Cl)cc(OC)c1OC(F)F. The lowest BCUT2D eigenvalue weighted by atomic mass is 10.2. The zero-order chi connectivity index (χ0) is 17.5. The van der Waals surface area contributed by atoms with Crippen LogP contribution in [0.3, 0.4) is 0 Å². The van der Waals surface area contributed by atoms with Crippen LogP contribution in [0.15, 0.2) is 41.5 Å². The summed E-state index contributed by atoms with van der Waals surface area (Å²) < 4.78 is 39.6. The topological polar surface area (TPSA) is 52.1 Å². The lowest BCUT2D eigenvalue weighted by Gasteiger charge is -2.14. The van der Waals surface area contributed by atoms with Gasteiger partial charge in [-0.15, -0.1) is 0 Å². The van der Waals surface area contributed by atoms with Gasteiger partial charge in [-0.3, -0.25) is 5.43 Å². The summed E-state index contributed by atoms with van der Waals surface area (Å²) in [4.78, 5) is 0. The van der Waals surface area contributed by atoms with Crippen molar-refractivity contribution < 1.29 is 23.0 Å². The average Bonchev–Trinajstić information content (AvgIpc) is 2.57. The zero-order valence-electron chi connectivity index (χ0n) is 12.9. The van der Waals surface area contributed by atoms with Gasteiger partial charge >= 0.3 is 6.61 Å². The molecule has 2 aromatic carbocycles. The molecule has 0 heterocycles. The van der Waals surface area contributed by atoms with Crippen molar-refractivity contribution in [3.05, 3.63) is 47.0 Å². The molecule has 8 heteroatoms. The molecule has 0 aromatic heterocycles. The number of hydrogen-bond acceptors (Lipinski definition) is 5. The van der Waals surface area contributed by atoms with E-state index in [2.05, 4.69) is 15.3 Å². The van der Waals surface area contributed by atoms with Crippen molar-refractivity contribution in [2.45, 2.75) is 6.61 Å². The Labute approximate surface area is 142 Å². The van der Waals surface area contributed by atoms with Crippen molar-refractivity contribution in [1.29, 1.82) is 0 Å². The number of anilines is 1. The molecule has 0 amide bonds. The molecule has 0 aliphatic carbocycles. The fraction of sp³-hybridized carbons (Fsp3) is 0.188. The summed E-state index contributed by atoms with van der Waals surface area (Å²) in [5, 5.41) is 4.57. The molecule has 1 N–H and O–H groups in total. The van der Waals surface area contributed by atoms with Gasteiger partial charge in [-0.05, 0) is 24.3 Å². The molecule has 0 saturated heterocycles. The second-order valence-electron chi connectivity index (χ2n) is 4.48. The molecule has 0 bridgehead atoms. The highest BCUT2D eigenvalue weighted by Gasteiger charge is 2.17. The Hall–Kier alpha value is -2.54. The number of benzene rings is 2. The van der Waals surface area contributed by atoms with Crippen LogP contribution in [0.1, 0.15) is 5.56 Å². The number of nitrogens with one attached hydrogen (secondary N) is 1. The minimum Gasteiger partial charge on any atom is -0.493 e. The number of hydrogen-bond donors (Lipinski definition) is 1. The molecule has 0 aliphatic rings. The minimum absolute atomic E-state index is 0.105. The van der Waals surface area contributed by atoms with Crippen LogP contribution < -0.4 is 19.6 Å². The number of nitrogens with zero attached hydrogens (tertiary/aromatic N) is 1. The molecule has 0 radical (unpaired) electrons. The van der Waals surface area contributed by atoms with E-state index in [0.717, 1.165) is 0 Å². The van der Waals surface area contributed by atoms with Crippen molar-refractivity contribution in [1.82, 2.24) is 0 Å². The van der Waals surface area contributed by atoms with E-state index in [0.29, 0.717) is 16.3 Å². The van der Waals surface area contributed by atoms with E-state index in [1.165, 1.54) is 32.6 Å². The predicted octanol–water partition coefficient (Wildman–Crippen LogP) is 4.40. The van der Waals surface area contributed by atoms with Gasteiger partial charge in [-0.2, -0.15) is 13.9 Å². The normalized spacial score (nSPS) is 10.9. The number of hydrazone groups is 1. The van der Waals surface area contributed by atoms with Crippen LogP contribution in [-0.2, 0) is 0 Å². The van der Waals surface area contributed by atoms with E-state index in [9.17, 15) is 8.78 Å². The molecule has 0 unspecified atom stereocenters. The van der Waals surface area contributed by atoms with Gasteiger partial charge in [0.15, 0.2) is 11.5 Å². The molecular formula is C16H15ClF2N2O3. The number of para-hydroxylation sites is 1. The van der Waals surface area contributed by atoms with Crippen molar-refractivity contribution in [2.24, 2.45) is 5.10 Å². The first-order chi connectivity index (χ1) is 11.5. The standard InChI is InChI=1S/C16H15ClF2N2O3/c1-22-13-7-10(8-14(23-2)15(13)24-16(18)19)9-20-21-12-6-4-3-5-11(12)17/h3-9,16,21H,1-2H3/b20-9-. The maximum absolute atomic E-state index is 12.5. The smallest absolute Gasteiger partial charge is 0.387 e. The number of halogens is 3. The molecular weight excluding hydrogens is 342 g/mol. The quantitative estimate of drug-likeness (QED) is 0.590. The summed E-state index contributed by atoms with van der Waals surface area (Å²) in [7, 11) is 2.69. The predicted molar refractivity (Wildman–Crippen MR) is 88.8 cm³/mol. The molecule has 0 atom stereocenters. The maximum Gasteiger partial charge on any atom is 0.387 e. The Morgan fingerprint density at radius 3 is 2.29 bits per heavy atom. The number of ether oxygens (including phenoxy) is 3. The summed E-state index contributed by atoms with van der Waals surface area (Å²) in [6.07, 6.45) is 1.47. The van der Waals surface area contributed by atoms with E-state index in [4.69, 9.17) is 21.1 Å². The Morgan fingerprint density at radius 1 is 1.12 bits per heavy atom. The minimum atomic E-state index is -2.99. The first kappa shape index (κ1) is 17.8. The number of rotatable bonds is 7. The zero-order valence-corrected chi connectivity index (χ0v) is 13.7. The lowest BCUT2D eigenvalue weighted by molar-refractivity contribution is -0.0526. The Morgan fingerprint density at radius 2 is 1.75 bits per heavy atom. The van der Waals surface area contributed by atoms with Gasteiger partial charge in [-0.25, -0.2) is 0 Å². The summed E-state index contributed by atoms with van der Waals surface area (Å²) in [5.41, 5.74) is 3.98. The van der Waals surface area contributed by atoms with Crippen LogP contribution in [0.5, 0.6) is 17.2 Å². The summed E-state index contributed by atoms with van der Waals surface area (Å²) in [6.45, 7) is -2.99. The van der Waals surface area contributed by atoms with Crippen molar-refractivity contribution in [3.8, 4) is 17.2 Å². The van der Waals surface area contributed by atoms with Gasteiger partial charge in [0.05, 0.1) is 31.1 Å². The fourth-order valence-electron chi connectivity index (χ4n) is 1.91. The second-order valence-corrected chi connectivity index (χ2v) is 4.89. The highest BCUT2D eigenvalue weighted by Crippen LogP contribution is 2.39. The van der Waals surface area contributed by atoms with Gasteiger partial charge in [-0.1, -0.05) is 23.7 Å². The molecule has 0 fully saturated rings. The lowest BCUT2D eigenvalue weighted by Crippen LogP contribution is -2.06. The Kier molecular flexibility index (Phi) is 6.20. The molecule has 2 aromatic rings. The van der Waals surface area contributed by atoms with Crippen LogP contribution in [0.25, 0.3) is 0 Å². The summed E-state index contributed by atoms with van der Waals surface area (Å²) in [6, 6.07) is 10.1. The van der Waals surface area contributed by atoms with Crippen LogP contribution >= 0.6 is 11.6 Å². The molecule has 5 nitrogen and oxygen atoms in total. The summed E-state index contributed by atoms with van der Waals surface area (Å²) in [5.74, 6) is 0.0360. The van der Waals surface area contributed by atoms with Crippen molar-refractivity contribution in [2.75, 3.05) is 19.6 Å². The summed E-state index contributed by atoms with van der Waals surface area (Å²) >= 11 is 6.01. The Bertz CT molecular complexity index is 701. The van der Waals surface area contributed by atoms with Crippen LogP contribution in [0.4, 0.5) is 14.5 Å². The molecule has 2 rings (SSSR count). The fourth-order valence-corrected chi connectivity index (χ4v) is 2.09. The van der Waals surface area contributed by atoms with Gasteiger partial charge in [0, 0.05) is 5.56 Å². The maximum atomic E-state index is 12.5. The van der Waals surface area contributed by atoms with Crippen molar-refractivity contribution >= 4 is 23.5 Å². The van der Waals surface area contributed by atoms with Gasteiger partial charge in [0.25, 0.3) is 0 Å². The molecule has 128 valence electrons. The first-order valence-electron chi connectivity index (χ1n) is 6.79. The largest absolute Gasteiger partial charge is 0.493 e. The van der Waals surface area contributed by atoms with E-state index < -0.39 is 6.61 Å². The number of alkyl halides is 2. The molecule has 24 heavy (non-hydrogen) atoms. The van der Waals surface area contributed by atoms with E-state index >= 15 is 0 Å². The van der Waals surface area contributed by atoms with Crippen LogP contribution in [0.2, 0.25) is 5.02 Å². The van der Waals surface area contributed by atoms with Crippen LogP contribution in [-0.4, -0.2) is 27.0 Å². The van der Waals surface area contributed by atoms with Gasteiger partial charge < -0.3 is 14.2 Å². The second kappa shape index (κ2) is 8.35. The van der Waals surface area contributed by atoms with Crippen LogP contribution in [0, 0.1) is 0 Å². The third-order valence-electron chi connectivity index (χ3n) is 2.96. The first-order valence-corrected chi connectivity index (χ1v) is 7.17. The highest BCUT2D eigenvalue weighted by atomic mass is 35.5. The van der Waals surface area contributed by atoms with E-state index in [1.54, 1.807) is 18.2 Å².